The highest BCUT2D eigenvalue weighted by atomic mass is 16.3. The Kier molecular flexibility index (Phi) is 7.78. The van der Waals surface area contributed by atoms with Crippen molar-refractivity contribution in [2.24, 2.45) is 0 Å². The number of hydrogen-bond donors (Lipinski definition) is 2. The molecular weight excluding hydrogens is 368 g/mol. The summed E-state index contributed by atoms with van der Waals surface area (Å²) >= 11 is 0. The molecule has 154 valence electrons. The fourth-order valence-electron chi connectivity index (χ4n) is 3.62. The standard InChI is InChI=1S/C28H30O2/c1-3-6-27(29)25-14-10-21(11-15-25)18-23-8-5-9-24(20-23)19-22-12-16-26(17-13-22)28(30)7-4-2/h3-5,8-17,20,27-30H,1-2,6-7,18-19H2. The molecule has 0 amide bonds. The average Bonchev–Trinajstić information content (AvgIpc) is 2.75. The van der Waals surface area contributed by atoms with E-state index in [1.54, 1.807) is 12.2 Å². The molecule has 0 aromatic heterocycles. The monoisotopic (exact) mass is 398 g/mol. The van der Waals surface area contributed by atoms with Crippen LogP contribution < -0.4 is 0 Å². The third-order valence-electron chi connectivity index (χ3n) is 5.32. The van der Waals surface area contributed by atoms with Gasteiger partial charge < -0.3 is 10.2 Å². The highest BCUT2D eigenvalue weighted by Crippen LogP contribution is 2.21. The van der Waals surface area contributed by atoms with Crippen LogP contribution in [0.3, 0.4) is 0 Å². The Morgan fingerprint density at radius 1 is 0.600 bits per heavy atom. The van der Waals surface area contributed by atoms with Crippen molar-refractivity contribution < 1.29 is 10.2 Å². The number of aliphatic hydroxyl groups is 2. The minimum absolute atomic E-state index is 0.482. The molecule has 2 nitrogen and oxygen atoms in total. The zero-order chi connectivity index (χ0) is 21.3. The summed E-state index contributed by atoms with van der Waals surface area (Å²) in [6.07, 6.45) is 5.36. The van der Waals surface area contributed by atoms with Gasteiger partial charge in [0.05, 0.1) is 12.2 Å². The van der Waals surface area contributed by atoms with Gasteiger partial charge in [-0.2, -0.15) is 0 Å². The van der Waals surface area contributed by atoms with Crippen molar-refractivity contribution in [1.29, 1.82) is 0 Å². The molecule has 0 saturated heterocycles. The second-order valence-electron chi connectivity index (χ2n) is 7.74. The fraction of sp³-hybridized carbons (Fsp3) is 0.214. The Balaban J connectivity index is 1.64. The number of benzene rings is 3. The topological polar surface area (TPSA) is 40.5 Å². The largest absolute Gasteiger partial charge is 0.388 e. The summed E-state index contributed by atoms with van der Waals surface area (Å²) in [5, 5.41) is 20.1. The number of hydrogen-bond acceptors (Lipinski definition) is 2. The maximum Gasteiger partial charge on any atom is 0.0824 e. The molecule has 0 aliphatic carbocycles. The molecule has 0 spiro atoms. The molecule has 0 bridgehead atoms. The van der Waals surface area contributed by atoms with Crippen LogP contribution in [-0.2, 0) is 12.8 Å². The van der Waals surface area contributed by atoms with Gasteiger partial charge in [-0.05, 0) is 59.1 Å². The first kappa shape index (κ1) is 21.8. The van der Waals surface area contributed by atoms with Gasteiger partial charge in [0.2, 0.25) is 0 Å². The van der Waals surface area contributed by atoms with Gasteiger partial charge in [0.25, 0.3) is 0 Å². The Morgan fingerprint density at radius 2 is 1.00 bits per heavy atom. The van der Waals surface area contributed by atoms with Gasteiger partial charge >= 0.3 is 0 Å². The second kappa shape index (κ2) is 10.7. The second-order valence-corrected chi connectivity index (χ2v) is 7.74. The Hall–Kier alpha value is -2.94. The minimum atomic E-state index is -0.482. The smallest absolute Gasteiger partial charge is 0.0824 e. The summed E-state index contributed by atoms with van der Waals surface area (Å²) in [6.45, 7) is 7.36. The predicted molar refractivity (Wildman–Crippen MR) is 124 cm³/mol. The molecule has 2 heteroatoms. The highest BCUT2D eigenvalue weighted by molar-refractivity contribution is 5.35. The van der Waals surface area contributed by atoms with Crippen molar-refractivity contribution in [3.05, 3.63) is 131 Å². The van der Waals surface area contributed by atoms with Crippen LogP contribution in [0.2, 0.25) is 0 Å². The summed E-state index contributed by atoms with van der Waals surface area (Å²) in [6, 6.07) is 25.0. The molecule has 0 aliphatic rings. The van der Waals surface area contributed by atoms with Crippen molar-refractivity contribution >= 4 is 0 Å². The van der Waals surface area contributed by atoms with Crippen LogP contribution in [0.5, 0.6) is 0 Å². The van der Waals surface area contributed by atoms with E-state index in [4.69, 9.17) is 0 Å². The van der Waals surface area contributed by atoms with Gasteiger partial charge in [-0.3, -0.25) is 0 Å². The van der Waals surface area contributed by atoms with E-state index in [2.05, 4.69) is 61.7 Å². The third-order valence-corrected chi connectivity index (χ3v) is 5.32. The predicted octanol–water partition coefficient (Wildman–Crippen LogP) is 6.09. The van der Waals surface area contributed by atoms with Crippen molar-refractivity contribution in [2.45, 2.75) is 37.9 Å². The molecule has 0 aliphatic heterocycles. The van der Waals surface area contributed by atoms with Gasteiger partial charge in [0, 0.05) is 0 Å². The molecule has 30 heavy (non-hydrogen) atoms. The zero-order valence-electron chi connectivity index (χ0n) is 17.4. The van der Waals surface area contributed by atoms with E-state index in [9.17, 15) is 10.2 Å². The lowest BCUT2D eigenvalue weighted by Gasteiger charge is -2.11. The lowest BCUT2D eigenvalue weighted by molar-refractivity contribution is 0.181. The van der Waals surface area contributed by atoms with Crippen LogP contribution in [0.4, 0.5) is 0 Å². The molecule has 3 aromatic carbocycles. The molecule has 0 fully saturated rings. The van der Waals surface area contributed by atoms with E-state index >= 15 is 0 Å². The first-order valence-corrected chi connectivity index (χ1v) is 10.4. The normalized spacial score (nSPS) is 12.9. The molecule has 0 radical (unpaired) electrons. The van der Waals surface area contributed by atoms with Crippen LogP contribution in [0, 0.1) is 0 Å². The van der Waals surface area contributed by atoms with Crippen molar-refractivity contribution in [1.82, 2.24) is 0 Å². The SMILES string of the molecule is C=CCC(O)c1ccc(Cc2cccc(Cc3ccc(C(O)CC=C)cc3)c2)cc1. The van der Waals surface area contributed by atoms with Crippen molar-refractivity contribution in [2.75, 3.05) is 0 Å². The molecule has 0 heterocycles. The molecule has 2 unspecified atom stereocenters. The Labute approximate surface area is 179 Å². The van der Waals surface area contributed by atoms with Gasteiger partial charge in [0.1, 0.15) is 0 Å². The molecule has 3 aromatic rings. The Bertz CT molecular complexity index is 878. The zero-order valence-corrected chi connectivity index (χ0v) is 17.4. The summed E-state index contributed by atoms with van der Waals surface area (Å²) < 4.78 is 0. The van der Waals surface area contributed by atoms with E-state index in [0.717, 1.165) is 24.0 Å². The van der Waals surface area contributed by atoms with Gasteiger partial charge in [-0.25, -0.2) is 0 Å². The fourth-order valence-corrected chi connectivity index (χ4v) is 3.62. The third kappa shape index (κ3) is 6.03. The number of aliphatic hydroxyl groups excluding tert-OH is 2. The molecule has 2 N–H and O–H groups in total. The van der Waals surface area contributed by atoms with E-state index in [-0.39, 0.29) is 0 Å². The number of rotatable bonds is 10. The van der Waals surface area contributed by atoms with Crippen molar-refractivity contribution in [3.8, 4) is 0 Å². The van der Waals surface area contributed by atoms with Gasteiger partial charge in [-0.1, -0.05) is 84.9 Å². The Morgan fingerprint density at radius 3 is 1.37 bits per heavy atom. The van der Waals surface area contributed by atoms with Crippen LogP contribution >= 0.6 is 0 Å². The molecule has 0 saturated carbocycles. The summed E-state index contributed by atoms with van der Waals surface area (Å²) in [5.41, 5.74) is 6.84. The maximum atomic E-state index is 10.1. The van der Waals surface area contributed by atoms with E-state index < -0.39 is 12.2 Å². The van der Waals surface area contributed by atoms with Crippen LogP contribution in [-0.4, -0.2) is 10.2 Å². The maximum absolute atomic E-state index is 10.1. The first-order valence-electron chi connectivity index (χ1n) is 10.4. The van der Waals surface area contributed by atoms with Crippen LogP contribution in [0.25, 0.3) is 0 Å². The summed E-state index contributed by atoms with van der Waals surface area (Å²) in [7, 11) is 0. The molecular formula is C28H30O2. The summed E-state index contributed by atoms with van der Waals surface area (Å²) in [4.78, 5) is 0. The molecule has 2 atom stereocenters. The molecule has 3 rings (SSSR count). The van der Waals surface area contributed by atoms with Gasteiger partial charge in [-0.15, -0.1) is 13.2 Å². The van der Waals surface area contributed by atoms with E-state index in [0.29, 0.717) is 12.8 Å². The quantitative estimate of drug-likeness (QED) is 0.406. The van der Waals surface area contributed by atoms with Crippen LogP contribution in [0.1, 0.15) is 58.4 Å². The van der Waals surface area contributed by atoms with Crippen LogP contribution in [0.15, 0.2) is 98.1 Å². The summed E-state index contributed by atoms with van der Waals surface area (Å²) in [5.74, 6) is 0. The average molecular weight is 399 g/mol. The lowest BCUT2D eigenvalue weighted by Crippen LogP contribution is -1.97. The first-order chi connectivity index (χ1) is 14.6. The van der Waals surface area contributed by atoms with E-state index in [1.165, 1.54) is 22.3 Å². The minimum Gasteiger partial charge on any atom is -0.388 e. The van der Waals surface area contributed by atoms with Gasteiger partial charge in [0.15, 0.2) is 0 Å². The van der Waals surface area contributed by atoms with E-state index in [1.807, 2.05) is 24.3 Å². The lowest BCUT2D eigenvalue weighted by atomic mass is 9.97. The highest BCUT2D eigenvalue weighted by Gasteiger charge is 2.07. The van der Waals surface area contributed by atoms with Crippen molar-refractivity contribution in [3.63, 3.8) is 0 Å².